The standard InChI is InChI=1S/C49H37N3S/c1-30-14-5-6-16-31(2)35(21-11-15-30)45-36-19-7-9-24-41(36)50-47(51-45)34-18-12-17-32(28-34)33-26-27-42-40(29-33)49(3,4)39-23-13-22-38-44-37-20-8-10-25-43(37)53-48(44)52(42)46(38)39/h5-29H,1-4H3. The summed E-state index contributed by atoms with van der Waals surface area (Å²) in [5.41, 5.74) is 13.7. The summed E-state index contributed by atoms with van der Waals surface area (Å²) in [6.07, 6.45) is 0. The fraction of sp³-hybridized carbons (Fsp3) is 0.102. The molecule has 4 heteroatoms. The minimum atomic E-state index is -0.183. The summed E-state index contributed by atoms with van der Waals surface area (Å²) in [6, 6.07) is 54.7. The molecule has 0 bridgehead atoms. The van der Waals surface area contributed by atoms with Gasteiger partial charge >= 0.3 is 0 Å². The lowest BCUT2D eigenvalue weighted by Gasteiger charge is -2.35. The van der Waals surface area contributed by atoms with E-state index in [-0.39, 0.29) is 5.41 Å². The second-order valence-electron chi connectivity index (χ2n) is 14.8. The molecule has 10 rings (SSSR count). The van der Waals surface area contributed by atoms with Gasteiger partial charge in [0, 0.05) is 42.8 Å². The van der Waals surface area contributed by atoms with Gasteiger partial charge in [0.1, 0.15) is 4.83 Å². The fourth-order valence-corrected chi connectivity index (χ4v) is 9.56. The Morgan fingerprint density at radius 2 is 1.26 bits per heavy atom. The molecule has 0 radical (unpaired) electrons. The third kappa shape index (κ3) is 4.93. The predicted molar refractivity (Wildman–Crippen MR) is 225 cm³/mol. The number of thiophene rings is 1. The van der Waals surface area contributed by atoms with Gasteiger partial charge in [0.2, 0.25) is 0 Å². The number of hydrogen-bond donors (Lipinski definition) is 0. The molecule has 0 saturated carbocycles. The molecule has 0 unspecified atom stereocenters. The lowest BCUT2D eigenvalue weighted by molar-refractivity contribution is 0.630. The van der Waals surface area contributed by atoms with E-state index in [0.717, 1.165) is 44.7 Å². The maximum atomic E-state index is 5.31. The van der Waals surface area contributed by atoms with Gasteiger partial charge < -0.3 is 4.57 Å². The van der Waals surface area contributed by atoms with Crippen molar-refractivity contribution in [3.8, 4) is 39.5 Å². The first-order chi connectivity index (χ1) is 25.9. The summed E-state index contributed by atoms with van der Waals surface area (Å²) in [5, 5.41) is 5.08. The zero-order chi connectivity index (χ0) is 35.8. The Morgan fingerprint density at radius 3 is 2.17 bits per heavy atom. The molecule has 0 spiro atoms. The molecule has 4 heterocycles. The monoisotopic (exact) mass is 699 g/mol. The van der Waals surface area contributed by atoms with E-state index in [1.807, 2.05) is 11.3 Å². The summed E-state index contributed by atoms with van der Waals surface area (Å²) in [7, 11) is 0. The van der Waals surface area contributed by atoms with Gasteiger partial charge in [0.25, 0.3) is 0 Å². The Morgan fingerprint density at radius 1 is 0.566 bits per heavy atom. The molecular formula is C49H37N3S. The van der Waals surface area contributed by atoms with E-state index in [9.17, 15) is 0 Å². The number of benzene rings is 5. The Kier molecular flexibility index (Phi) is 7.15. The average molecular weight is 700 g/mol. The van der Waals surface area contributed by atoms with E-state index in [4.69, 9.17) is 9.97 Å². The van der Waals surface area contributed by atoms with Gasteiger partial charge in [-0.05, 0) is 72.0 Å². The van der Waals surface area contributed by atoms with Gasteiger partial charge in [-0.3, -0.25) is 0 Å². The Hall–Kier alpha value is -6.10. The van der Waals surface area contributed by atoms with E-state index in [0.29, 0.717) is 0 Å². The molecule has 53 heavy (non-hydrogen) atoms. The van der Waals surface area contributed by atoms with Gasteiger partial charge in [-0.1, -0.05) is 141 Å². The van der Waals surface area contributed by atoms with Crippen LogP contribution in [0.1, 0.15) is 36.1 Å². The van der Waals surface area contributed by atoms with Crippen LogP contribution in [-0.2, 0) is 5.41 Å². The van der Waals surface area contributed by atoms with Crippen LogP contribution in [0.15, 0.2) is 152 Å². The number of aryl methyl sites for hydroxylation is 2. The molecule has 3 nitrogen and oxygen atoms in total. The Bertz CT molecular complexity index is 3020. The van der Waals surface area contributed by atoms with E-state index in [1.165, 1.54) is 59.1 Å². The number of nitrogens with zero attached hydrogens (tertiary/aromatic N) is 3. The molecule has 0 atom stereocenters. The van der Waals surface area contributed by atoms with Crippen LogP contribution in [0.5, 0.6) is 0 Å². The molecular weight excluding hydrogens is 663 g/mol. The van der Waals surface area contributed by atoms with Crippen molar-refractivity contribution in [2.45, 2.75) is 33.1 Å². The number of aromatic nitrogens is 3. The molecule has 9 aromatic rings. The highest BCUT2D eigenvalue weighted by Crippen LogP contribution is 2.51. The van der Waals surface area contributed by atoms with Crippen molar-refractivity contribution in [3.63, 3.8) is 0 Å². The summed E-state index contributed by atoms with van der Waals surface area (Å²) >= 11 is 1.89. The van der Waals surface area contributed by atoms with Gasteiger partial charge in [0.15, 0.2) is 5.82 Å². The molecule has 1 aliphatic rings. The summed E-state index contributed by atoms with van der Waals surface area (Å²) in [5.74, 6) is 0.719. The molecule has 0 N–H and O–H groups in total. The highest BCUT2D eigenvalue weighted by Gasteiger charge is 2.36. The van der Waals surface area contributed by atoms with Crippen molar-refractivity contribution in [2.24, 2.45) is 0 Å². The first-order valence-corrected chi connectivity index (χ1v) is 19.1. The molecule has 6 aromatic carbocycles. The van der Waals surface area contributed by atoms with Crippen LogP contribution in [0.3, 0.4) is 0 Å². The maximum absolute atomic E-state index is 5.31. The third-order valence-electron chi connectivity index (χ3n) is 11.1. The normalized spacial score (nSPS) is 13.1. The molecule has 0 saturated heterocycles. The number of rotatable bonds is 3. The largest absolute Gasteiger partial charge is 0.300 e. The van der Waals surface area contributed by atoms with Crippen LogP contribution in [-0.4, -0.2) is 14.5 Å². The Labute approximate surface area is 313 Å². The summed E-state index contributed by atoms with van der Waals surface area (Å²) < 4.78 is 3.86. The van der Waals surface area contributed by atoms with Crippen molar-refractivity contribution in [1.82, 2.24) is 14.5 Å². The summed E-state index contributed by atoms with van der Waals surface area (Å²) in [4.78, 5) is 11.8. The quantitative estimate of drug-likeness (QED) is 0.184. The third-order valence-corrected chi connectivity index (χ3v) is 12.2. The number of para-hydroxylation sites is 2. The zero-order valence-electron chi connectivity index (χ0n) is 30.2. The smallest absolute Gasteiger partial charge is 0.160 e. The maximum Gasteiger partial charge on any atom is 0.160 e. The minimum Gasteiger partial charge on any atom is -0.300 e. The van der Waals surface area contributed by atoms with E-state index >= 15 is 0 Å². The van der Waals surface area contributed by atoms with Crippen molar-refractivity contribution in [3.05, 3.63) is 174 Å². The second kappa shape index (κ2) is 12.0. The minimum absolute atomic E-state index is 0.183. The van der Waals surface area contributed by atoms with Crippen molar-refractivity contribution < 1.29 is 0 Å². The van der Waals surface area contributed by atoms with Crippen LogP contribution in [0.25, 0.3) is 81.6 Å². The van der Waals surface area contributed by atoms with Crippen molar-refractivity contribution >= 4 is 53.4 Å². The van der Waals surface area contributed by atoms with Crippen LogP contribution in [0.2, 0.25) is 0 Å². The predicted octanol–water partition coefficient (Wildman–Crippen LogP) is 13.3. The lowest BCUT2D eigenvalue weighted by atomic mass is 9.74. The first kappa shape index (κ1) is 31.6. The van der Waals surface area contributed by atoms with Gasteiger partial charge in [-0.2, -0.15) is 0 Å². The SMILES string of the molecule is Cc1ccccc(C)c(-c2nc(-c3cccc(-c4ccc5c(c4)C(C)(C)c4cccc6c7c8ccccc8sc7n-5c46)c3)nc3ccccc23)ccc1. The second-order valence-corrected chi connectivity index (χ2v) is 15.8. The van der Waals surface area contributed by atoms with Crippen LogP contribution in [0.4, 0.5) is 0 Å². The topological polar surface area (TPSA) is 30.7 Å². The van der Waals surface area contributed by atoms with Crippen molar-refractivity contribution in [1.29, 1.82) is 0 Å². The van der Waals surface area contributed by atoms with Crippen molar-refractivity contribution in [2.75, 3.05) is 0 Å². The summed E-state index contributed by atoms with van der Waals surface area (Å²) in [6.45, 7) is 9.02. The molecule has 254 valence electrons. The molecule has 3 aromatic heterocycles. The highest BCUT2D eigenvalue weighted by atomic mass is 32.1. The van der Waals surface area contributed by atoms with E-state index in [2.05, 4.69) is 184 Å². The average Bonchev–Trinajstić information content (AvgIpc) is 3.72. The first-order valence-electron chi connectivity index (χ1n) is 18.3. The van der Waals surface area contributed by atoms with E-state index < -0.39 is 0 Å². The fourth-order valence-electron chi connectivity index (χ4n) is 8.32. The lowest BCUT2D eigenvalue weighted by Crippen LogP contribution is -2.26. The molecule has 0 fully saturated rings. The number of hydrogen-bond acceptors (Lipinski definition) is 3. The molecule has 0 amide bonds. The molecule has 1 aliphatic heterocycles. The number of fused-ring (bicyclic) bond motifs is 8. The van der Waals surface area contributed by atoms with Crippen LogP contribution in [0, 0.1) is 13.8 Å². The van der Waals surface area contributed by atoms with E-state index in [1.54, 1.807) is 0 Å². The zero-order valence-corrected chi connectivity index (χ0v) is 31.0. The van der Waals surface area contributed by atoms with Crippen LogP contribution < -0.4 is 0 Å². The van der Waals surface area contributed by atoms with Gasteiger partial charge in [-0.25, -0.2) is 9.97 Å². The van der Waals surface area contributed by atoms with Crippen LogP contribution >= 0.6 is 11.3 Å². The Balaban J connectivity index is 1.13. The highest BCUT2D eigenvalue weighted by molar-refractivity contribution is 7.25. The van der Waals surface area contributed by atoms with Gasteiger partial charge in [0.05, 0.1) is 22.4 Å². The molecule has 0 aliphatic carbocycles. The van der Waals surface area contributed by atoms with Gasteiger partial charge in [-0.15, -0.1) is 11.3 Å².